The summed E-state index contributed by atoms with van der Waals surface area (Å²) in [5.41, 5.74) is -1.28. The third-order valence-electron chi connectivity index (χ3n) is 6.95. The maximum absolute atomic E-state index is 15.1. The van der Waals surface area contributed by atoms with Gasteiger partial charge < -0.3 is 19.2 Å². The number of nitrogens with zero attached hydrogens (tertiary/aromatic N) is 5. The zero-order chi connectivity index (χ0) is 28.2. The Morgan fingerprint density at radius 3 is 2.38 bits per heavy atom. The van der Waals surface area contributed by atoms with Crippen LogP contribution in [0.3, 0.4) is 0 Å². The maximum Gasteiger partial charge on any atom is 0.325 e. The second-order valence-electron chi connectivity index (χ2n) is 9.50. The van der Waals surface area contributed by atoms with E-state index in [4.69, 9.17) is 0 Å². The summed E-state index contributed by atoms with van der Waals surface area (Å²) in [6, 6.07) is 10.3. The average molecular weight is 534 g/mol. The highest BCUT2D eigenvalue weighted by atomic mass is 19.1. The van der Waals surface area contributed by atoms with E-state index in [1.165, 1.54) is 18.9 Å². The van der Waals surface area contributed by atoms with E-state index < -0.39 is 34.8 Å². The van der Waals surface area contributed by atoms with E-state index in [0.29, 0.717) is 24.9 Å². The summed E-state index contributed by atoms with van der Waals surface area (Å²) < 4.78 is 32.1. The smallest absolute Gasteiger partial charge is 0.325 e. The molecule has 0 radical (unpaired) electrons. The molecule has 3 aromatic rings. The minimum Gasteiger partial charge on any atom is -0.337 e. The molecule has 8 nitrogen and oxygen atoms in total. The number of aromatic nitrogens is 2. The fourth-order valence-corrected chi connectivity index (χ4v) is 4.67. The van der Waals surface area contributed by atoms with Crippen molar-refractivity contribution in [3.63, 3.8) is 0 Å². The number of aldehydes is 1. The van der Waals surface area contributed by atoms with Gasteiger partial charge in [0.05, 0.1) is 0 Å². The van der Waals surface area contributed by atoms with Crippen LogP contribution < -0.4 is 4.90 Å². The standard InChI is InChI=1S/C29H29F2N5O3/c1-21-32-12-13-34(21)14-15-35-16-17-36(29(2,11-18-37)27(35)38)28(39)33(3)26-24(30)19-23(20-25(26)31)10-9-22-7-5-4-6-8-22/h4-8,12-13,18-20H,11,14-17H2,1-3H3. The molecule has 1 unspecified atom stereocenters. The van der Waals surface area contributed by atoms with Crippen molar-refractivity contribution in [2.24, 2.45) is 0 Å². The number of piperazine rings is 1. The van der Waals surface area contributed by atoms with Gasteiger partial charge in [-0.3, -0.25) is 9.69 Å². The maximum atomic E-state index is 15.1. The van der Waals surface area contributed by atoms with Gasteiger partial charge in [0.2, 0.25) is 5.91 Å². The number of amides is 3. The van der Waals surface area contributed by atoms with Crippen molar-refractivity contribution < 1.29 is 23.2 Å². The Kier molecular flexibility index (Phi) is 8.10. The van der Waals surface area contributed by atoms with Crippen LogP contribution >= 0.6 is 0 Å². The summed E-state index contributed by atoms with van der Waals surface area (Å²) >= 11 is 0. The molecular formula is C29H29F2N5O3. The number of hydrogen-bond acceptors (Lipinski definition) is 4. The summed E-state index contributed by atoms with van der Waals surface area (Å²) in [4.78, 5) is 46.4. The molecule has 202 valence electrons. The molecule has 1 saturated heterocycles. The van der Waals surface area contributed by atoms with Crippen LogP contribution in [0.4, 0.5) is 19.3 Å². The number of halogens is 2. The van der Waals surface area contributed by atoms with E-state index in [1.54, 1.807) is 41.6 Å². The molecule has 10 heteroatoms. The molecule has 1 aliphatic rings. The van der Waals surface area contributed by atoms with Crippen molar-refractivity contribution in [3.8, 4) is 11.8 Å². The second-order valence-corrected chi connectivity index (χ2v) is 9.50. The van der Waals surface area contributed by atoms with E-state index in [2.05, 4.69) is 16.8 Å². The Bertz CT molecular complexity index is 1420. The lowest BCUT2D eigenvalue weighted by atomic mass is 9.91. The van der Waals surface area contributed by atoms with Gasteiger partial charge in [-0.25, -0.2) is 18.6 Å². The van der Waals surface area contributed by atoms with Crippen LogP contribution in [0.15, 0.2) is 54.9 Å². The van der Waals surface area contributed by atoms with E-state index >= 15 is 8.78 Å². The van der Waals surface area contributed by atoms with E-state index in [0.717, 1.165) is 22.9 Å². The van der Waals surface area contributed by atoms with Gasteiger partial charge in [-0.15, -0.1) is 0 Å². The van der Waals surface area contributed by atoms with Crippen molar-refractivity contribution in [2.45, 2.75) is 32.4 Å². The molecule has 1 fully saturated rings. The molecule has 2 heterocycles. The average Bonchev–Trinajstić information content (AvgIpc) is 3.33. The highest BCUT2D eigenvalue weighted by Crippen LogP contribution is 2.30. The first kappa shape index (κ1) is 27.5. The van der Waals surface area contributed by atoms with Gasteiger partial charge in [-0.2, -0.15) is 0 Å². The van der Waals surface area contributed by atoms with Crippen molar-refractivity contribution in [1.29, 1.82) is 0 Å². The Morgan fingerprint density at radius 2 is 1.77 bits per heavy atom. The summed E-state index contributed by atoms with van der Waals surface area (Å²) in [5, 5.41) is 0. The SMILES string of the molecule is Cc1nccn1CCN1CCN(C(=O)N(C)c2c(F)cc(C#Cc3ccccc3)cc2F)C(C)(CC=O)C1=O. The van der Waals surface area contributed by atoms with Crippen LogP contribution in [0.2, 0.25) is 0 Å². The summed E-state index contributed by atoms with van der Waals surface area (Å²) in [6.45, 7) is 4.51. The van der Waals surface area contributed by atoms with Crippen LogP contribution in [-0.4, -0.2) is 69.8 Å². The van der Waals surface area contributed by atoms with Gasteiger partial charge >= 0.3 is 6.03 Å². The zero-order valence-corrected chi connectivity index (χ0v) is 22.0. The van der Waals surface area contributed by atoms with Crippen LogP contribution in [0.1, 0.15) is 30.3 Å². The zero-order valence-electron chi connectivity index (χ0n) is 22.0. The van der Waals surface area contributed by atoms with Crippen LogP contribution in [0.5, 0.6) is 0 Å². The van der Waals surface area contributed by atoms with E-state index in [9.17, 15) is 14.4 Å². The first-order valence-corrected chi connectivity index (χ1v) is 12.5. The number of hydrogen-bond donors (Lipinski definition) is 0. The molecular weight excluding hydrogens is 504 g/mol. The Balaban J connectivity index is 1.54. The van der Waals surface area contributed by atoms with Crippen molar-refractivity contribution in [1.82, 2.24) is 19.4 Å². The predicted molar refractivity (Wildman–Crippen MR) is 142 cm³/mol. The van der Waals surface area contributed by atoms with Gasteiger partial charge in [0.25, 0.3) is 0 Å². The molecule has 1 aromatic heterocycles. The number of anilines is 1. The fraction of sp³-hybridized carbons (Fsp3) is 0.310. The number of urea groups is 1. The fourth-order valence-electron chi connectivity index (χ4n) is 4.67. The van der Waals surface area contributed by atoms with Gasteiger partial charge in [-0.05, 0) is 38.1 Å². The van der Waals surface area contributed by atoms with Crippen molar-refractivity contribution in [2.75, 3.05) is 31.6 Å². The molecule has 4 rings (SSSR count). The Hall–Kier alpha value is -4.52. The lowest BCUT2D eigenvalue weighted by molar-refractivity contribution is -0.148. The number of aryl methyl sites for hydroxylation is 1. The minimum atomic E-state index is -1.51. The highest BCUT2D eigenvalue weighted by molar-refractivity contribution is 5.99. The molecule has 0 spiro atoms. The van der Waals surface area contributed by atoms with E-state index in [-0.39, 0.29) is 25.1 Å². The van der Waals surface area contributed by atoms with Crippen LogP contribution in [0, 0.1) is 30.4 Å². The third-order valence-corrected chi connectivity index (χ3v) is 6.95. The predicted octanol–water partition coefficient (Wildman–Crippen LogP) is 3.62. The van der Waals surface area contributed by atoms with Gasteiger partial charge in [0, 0.05) is 63.2 Å². The molecule has 0 N–H and O–H groups in total. The topological polar surface area (TPSA) is 78.8 Å². The Morgan fingerprint density at radius 1 is 1.10 bits per heavy atom. The molecule has 1 atom stereocenters. The Labute approximate surface area is 225 Å². The molecule has 2 aromatic carbocycles. The summed E-state index contributed by atoms with van der Waals surface area (Å²) in [5.74, 6) is 4.02. The largest absolute Gasteiger partial charge is 0.337 e. The van der Waals surface area contributed by atoms with Gasteiger partial charge in [0.15, 0.2) is 11.6 Å². The number of carbonyl (C=O) groups excluding carboxylic acids is 3. The molecule has 3 amide bonds. The van der Waals surface area contributed by atoms with E-state index in [1.807, 2.05) is 17.6 Å². The molecule has 1 aliphatic heterocycles. The first-order chi connectivity index (χ1) is 18.7. The number of imidazole rings is 1. The monoisotopic (exact) mass is 533 g/mol. The lowest BCUT2D eigenvalue weighted by Gasteiger charge is -2.48. The lowest BCUT2D eigenvalue weighted by Crippen LogP contribution is -2.68. The number of carbonyl (C=O) groups is 3. The summed E-state index contributed by atoms with van der Waals surface area (Å²) in [7, 11) is 1.24. The van der Waals surface area contributed by atoms with Crippen molar-refractivity contribution in [3.05, 3.63) is 83.4 Å². The van der Waals surface area contributed by atoms with Crippen molar-refractivity contribution >= 4 is 23.9 Å². The third kappa shape index (κ3) is 5.67. The molecule has 0 aliphatic carbocycles. The quantitative estimate of drug-likeness (QED) is 0.358. The summed E-state index contributed by atoms with van der Waals surface area (Å²) in [6.07, 6.45) is 3.79. The highest BCUT2D eigenvalue weighted by Gasteiger charge is 2.48. The molecule has 39 heavy (non-hydrogen) atoms. The first-order valence-electron chi connectivity index (χ1n) is 12.5. The minimum absolute atomic E-state index is 0.0893. The molecule has 0 bridgehead atoms. The van der Waals surface area contributed by atoms with Gasteiger partial charge in [0.1, 0.15) is 23.3 Å². The van der Waals surface area contributed by atoms with Crippen LogP contribution in [0.25, 0.3) is 0 Å². The van der Waals surface area contributed by atoms with Crippen LogP contribution in [-0.2, 0) is 16.1 Å². The number of benzene rings is 2. The van der Waals surface area contributed by atoms with Gasteiger partial charge in [-0.1, -0.05) is 30.0 Å². The number of rotatable bonds is 6. The normalized spacial score (nSPS) is 17.0. The molecule has 0 saturated carbocycles. The second kappa shape index (κ2) is 11.5.